The molecule has 0 heterocycles. The van der Waals surface area contributed by atoms with Crippen LogP contribution in [0, 0.1) is 11.8 Å². The van der Waals surface area contributed by atoms with Gasteiger partial charge in [0, 0.05) is 6.04 Å². The SMILES string of the molecule is N[C@@H]1CCCC[C@@H]1C1CC1. The summed E-state index contributed by atoms with van der Waals surface area (Å²) in [5.74, 6) is 1.95. The summed E-state index contributed by atoms with van der Waals surface area (Å²) in [7, 11) is 0. The van der Waals surface area contributed by atoms with Crippen LogP contribution in [0.1, 0.15) is 38.5 Å². The van der Waals surface area contributed by atoms with E-state index in [2.05, 4.69) is 0 Å². The van der Waals surface area contributed by atoms with E-state index in [9.17, 15) is 0 Å². The van der Waals surface area contributed by atoms with Crippen molar-refractivity contribution in [3.63, 3.8) is 0 Å². The lowest BCUT2D eigenvalue weighted by molar-refractivity contribution is 0.277. The molecule has 1 heteroatoms. The van der Waals surface area contributed by atoms with Crippen LogP contribution in [0.2, 0.25) is 0 Å². The van der Waals surface area contributed by atoms with Crippen LogP contribution in [-0.2, 0) is 0 Å². The Bertz CT molecular complexity index is 118. The second kappa shape index (κ2) is 2.54. The van der Waals surface area contributed by atoms with Crippen molar-refractivity contribution < 1.29 is 0 Å². The van der Waals surface area contributed by atoms with Gasteiger partial charge in [-0.2, -0.15) is 0 Å². The van der Waals surface area contributed by atoms with E-state index in [-0.39, 0.29) is 0 Å². The molecular formula is C9H17N. The van der Waals surface area contributed by atoms with E-state index in [1.165, 1.54) is 38.5 Å². The molecule has 0 aliphatic heterocycles. The first-order valence-corrected chi connectivity index (χ1v) is 4.63. The first-order valence-electron chi connectivity index (χ1n) is 4.63. The summed E-state index contributed by atoms with van der Waals surface area (Å²) >= 11 is 0. The highest BCUT2D eigenvalue weighted by atomic mass is 14.7. The van der Waals surface area contributed by atoms with E-state index in [1.54, 1.807) is 0 Å². The Kier molecular flexibility index (Phi) is 1.69. The quantitative estimate of drug-likeness (QED) is 0.590. The molecule has 1 nitrogen and oxygen atoms in total. The first kappa shape index (κ1) is 6.66. The van der Waals surface area contributed by atoms with Crippen molar-refractivity contribution in [1.82, 2.24) is 0 Å². The molecule has 2 atom stereocenters. The molecule has 0 aromatic rings. The van der Waals surface area contributed by atoms with Gasteiger partial charge in [0.25, 0.3) is 0 Å². The molecule has 2 aliphatic rings. The normalized spacial score (nSPS) is 41.7. The van der Waals surface area contributed by atoms with E-state index in [0.29, 0.717) is 6.04 Å². The van der Waals surface area contributed by atoms with Gasteiger partial charge in [0.2, 0.25) is 0 Å². The van der Waals surface area contributed by atoms with Crippen molar-refractivity contribution in [2.24, 2.45) is 17.6 Å². The van der Waals surface area contributed by atoms with Crippen LogP contribution >= 0.6 is 0 Å². The molecule has 0 unspecified atom stereocenters. The Hall–Kier alpha value is -0.0400. The standard InChI is InChI=1S/C9H17N/c10-9-4-2-1-3-8(9)7-5-6-7/h7-9H,1-6,10H2/t8-,9-/m1/s1. The van der Waals surface area contributed by atoms with Crippen molar-refractivity contribution in [2.75, 3.05) is 0 Å². The summed E-state index contributed by atoms with van der Waals surface area (Å²) in [6.45, 7) is 0. The monoisotopic (exact) mass is 139 g/mol. The molecule has 0 bridgehead atoms. The minimum absolute atomic E-state index is 0.557. The Morgan fingerprint density at radius 1 is 0.900 bits per heavy atom. The van der Waals surface area contributed by atoms with Crippen molar-refractivity contribution in [3.8, 4) is 0 Å². The Balaban J connectivity index is 1.90. The Morgan fingerprint density at radius 2 is 1.60 bits per heavy atom. The van der Waals surface area contributed by atoms with Gasteiger partial charge in [-0.3, -0.25) is 0 Å². The fraction of sp³-hybridized carbons (Fsp3) is 1.00. The molecule has 58 valence electrons. The Morgan fingerprint density at radius 3 is 2.20 bits per heavy atom. The van der Waals surface area contributed by atoms with Crippen LogP contribution < -0.4 is 5.73 Å². The van der Waals surface area contributed by atoms with E-state index in [0.717, 1.165) is 11.8 Å². The van der Waals surface area contributed by atoms with Crippen LogP contribution in [0.4, 0.5) is 0 Å². The zero-order valence-electron chi connectivity index (χ0n) is 6.55. The lowest BCUT2D eigenvalue weighted by Crippen LogP contribution is -2.34. The topological polar surface area (TPSA) is 26.0 Å². The molecular weight excluding hydrogens is 122 g/mol. The predicted molar refractivity (Wildman–Crippen MR) is 42.7 cm³/mol. The summed E-state index contributed by atoms with van der Waals surface area (Å²) in [6, 6.07) is 0.557. The van der Waals surface area contributed by atoms with Gasteiger partial charge in [-0.05, 0) is 37.5 Å². The molecule has 0 aromatic heterocycles. The maximum Gasteiger partial charge on any atom is 0.00698 e. The summed E-state index contributed by atoms with van der Waals surface area (Å²) in [4.78, 5) is 0. The van der Waals surface area contributed by atoms with Crippen LogP contribution in [0.15, 0.2) is 0 Å². The fourth-order valence-corrected chi connectivity index (χ4v) is 2.30. The van der Waals surface area contributed by atoms with Gasteiger partial charge >= 0.3 is 0 Å². The molecule has 0 spiro atoms. The number of hydrogen-bond acceptors (Lipinski definition) is 1. The van der Waals surface area contributed by atoms with Crippen LogP contribution in [0.5, 0.6) is 0 Å². The van der Waals surface area contributed by atoms with Crippen molar-refractivity contribution >= 4 is 0 Å². The molecule has 0 radical (unpaired) electrons. The maximum absolute atomic E-state index is 6.02. The maximum atomic E-state index is 6.02. The minimum atomic E-state index is 0.557. The number of hydrogen-bond donors (Lipinski definition) is 1. The molecule has 0 amide bonds. The number of rotatable bonds is 1. The van der Waals surface area contributed by atoms with Gasteiger partial charge < -0.3 is 5.73 Å². The van der Waals surface area contributed by atoms with Crippen LogP contribution in [-0.4, -0.2) is 6.04 Å². The van der Waals surface area contributed by atoms with E-state index < -0.39 is 0 Å². The Labute approximate surface area is 63.0 Å². The highest BCUT2D eigenvalue weighted by Gasteiger charge is 2.35. The average molecular weight is 139 g/mol. The smallest absolute Gasteiger partial charge is 0.00698 e. The number of nitrogens with two attached hydrogens (primary N) is 1. The van der Waals surface area contributed by atoms with Crippen molar-refractivity contribution in [2.45, 2.75) is 44.6 Å². The van der Waals surface area contributed by atoms with Gasteiger partial charge in [-0.15, -0.1) is 0 Å². The summed E-state index contributed by atoms with van der Waals surface area (Å²) in [5.41, 5.74) is 6.02. The summed E-state index contributed by atoms with van der Waals surface area (Å²) in [5, 5.41) is 0. The lowest BCUT2D eigenvalue weighted by Gasteiger charge is -2.28. The largest absolute Gasteiger partial charge is 0.327 e. The second-order valence-electron chi connectivity index (χ2n) is 3.95. The first-order chi connectivity index (χ1) is 4.88. The molecule has 2 rings (SSSR count). The van der Waals surface area contributed by atoms with E-state index >= 15 is 0 Å². The van der Waals surface area contributed by atoms with Gasteiger partial charge in [0.1, 0.15) is 0 Å². The van der Waals surface area contributed by atoms with Crippen LogP contribution in [0.3, 0.4) is 0 Å². The highest BCUT2D eigenvalue weighted by Crippen LogP contribution is 2.43. The predicted octanol–water partition coefficient (Wildman–Crippen LogP) is 1.91. The molecule has 2 saturated carbocycles. The third kappa shape index (κ3) is 1.20. The lowest BCUT2D eigenvalue weighted by atomic mass is 9.82. The summed E-state index contributed by atoms with van der Waals surface area (Å²) in [6.07, 6.45) is 8.48. The zero-order valence-corrected chi connectivity index (χ0v) is 6.55. The third-order valence-corrected chi connectivity index (χ3v) is 3.10. The van der Waals surface area contributed by atoms with Gasteiger partial charge in [0.15, 0.2) is 0 Å². The fourth-order valence-electron chi connectivity index (χ4n) is 2.30. The zero-order chi connectivity index (χ0) is 6.97. The highest BCUT2D eigenvalue weighted by molar-refractivity contribution is 4.89. The van der Waals surface area contributed by atoms with Crippen molar-refractivity contribution in [1.29, 1.82) is 0 Å². The van der Waals surface area contributed by atoms with E-state index in [1.807, 2.05) is 0 Å². The average Bonchev–Trinajstić information content (AvgIpc) is 2.71. The molecule has 2 N–H and O–H groups in total. The molecule has 0 aromatic carbocycles. The van der Waals surface area contributed by atoms with Gasteiger partial charge in [-0.1, -0.05) is 12.8 Å². The summed E-state index contributed by atoms with van der Waals surface area (Å²) < 4.78 is 0. The molecule has 2 aliphatic carbocycles. The van der Waals surface area contributed by atoms with E-state index in [4.69, 9.17) is 5.73 Å². The van der Waals surface area contributed by atoms with Gasteiger partial charge in [0.05, 0.1) is 0 Å². The minimum Gasteiger partial charge on any atom is -0.327 e. The molecule has 0 saturated heterocycles. The molecule has 2 fully saturated rings. The molecule has 10 heavy (non-hydrogen) atoms. The van der Waals surface area contributed by atoms with Crippen molar-refractivity contribution in [3.05, 3.63) is 0 Å². The second-order valence-corrected chi connectivity index (χ2v) is 3.95. The van der Waals surface area contributed by atoms with Crippen LogP contribution in [0.25, 0.3) is 0 Å². The van der Waals surface area contributed by atoms with Gasteiger partial charge in [-0.25, -0.2) is 0 Å². The third-order valence-electron chi connectivity index (χ3n) is 3.10.